The number of nitrogens with zero attached hydrogens (tertiary/aromatic N) is 1. The van der Waals surface area contributed by atoms with Crippen LogP contribution in [0.1, 0.15) is 32.3 Å². The van der Waals surface area contributed by atoms with Crippen molar-refractivity contribution in [3.63, 3.8) is 0 Å². The molecule has 22 heavy (non-hydrogen) atoms. The molecule has 0 radical (unpaired) electrons. The molecule has 1 fully saturated rings. The van der Waals surface area contributed by atoms with Gasteiger partial charge in [0, 0.05) is 13.1 Å². The largest absolute Gasteiger partial charge is 0.492 e. The van der Waals surface area contributed by atoms with Crippen molar-refractivity contribution in [1.29, 1.82) is 0 Å². The van der Waals surface area contributed by atoms with Gasteiger partial charge in [0.1, 0.15) is 5.75 Å². The maximum atomic E-state index is 10.9. The predicted molar refractivity (Wildman–Crippen MR) is 84.5 cm³/mol. The summed E-state index contributed by atoms with van der Waals surface area (Å²) >= 11 is 6.20. The summed E-state index contributed by atoms with van der Waals surface area (Å²) in [6, 6.07) is 5.28. The average molecular weight is 328 g/mol. The van der Waals surface area contributed by atoms with Crippen LogP contribution < -0.4 is 4.74 Å². The van der Waals surface area contributed by atoms with Crippen molar-refractivity contribution in [2.45, 2.75) is 32.3 Å². The molecule has 1 aromatic carbocycles. The second kappa shape index (κ2) is 6.75. The number of piperidine rings is 1. The molecule has 2 rings (SSSR count). The maximum absolute atomic E-state index is 10.9. The smallest absolute Gasteiger partial charge is 0.407 e. The minimum Gasteiger partial charge on any atom is -0.492 e. The predicted octanol–water partition coefficient (Wildman–Crippen LogP) is 3.34. The Morgan fingerprint density at radius 1 is 1.41 bits per heavy atom. The van der Waals surface area contributed by atoms with Crippen LogP contribution in [0.15, 0.2) is 18.2 Å². The zero-order chi connectivity index (χ0) is 16.3. The van der Waals surface area contributed by atoms with E-state index in [0.29, 0.717) is 36.4 Å². The molecule has 2 N–H and O–H groups in total. The van der Waals surface area contributed by atoms with Gasteiger partial charge in [0.25, 0.3) is 0 Å². The highest BCUT2D eigenvalue weighted by Gasteiger charge is 2.23. The Morgan fingerprint density at radius 3 is 2.55 bits per heavy atom. The number of ether oxygens (including phenoxy) is 1. The summed E-state index contributed by atoms with van der Waals surface area (Å²) in [5.74, 6) is 0.927. The Balaban J connectivity index is 1.89. The molecular formula is C16H22ClNO4. The molecule has 1 amide bonds. The summed E-state index contributed by atoms with van der Waals surface area (Å²) in [6.07, 6.45) is 0.738. The SMILES string of the molecule is CC(C)(O)c1ccc(OCC2CCN(C(=O)O)CC2)c(Cl)c1. The monoisotopic (exact) mass is 327 g/mol. The van der Waals surface area contributed by atoms with Crippen molar-refractivity contribution in [2.75, 3.05) is 19.7 Å². The lowest BCUT2D eigenvalue weighted by molar-refractivity contribution is 0.0784. The molecule has 1 aromatic rings. The Labute approximate surface area is 135 Å². The number of amides is 1. The molecule has 122 valence electrons. The average Bonchev–Trinajstić information content (AvgIpc) is 2.45. The van der Waals surface area contributed by atoms with E-state index >= 15 is 0 Å². The van der Waals surface area contributed by atoms with Gasteiger partial charge in [0.15, 0.2) is 0 Å². The van der Waals surface area contributed by atoms with Crippen molar-refractivity contribution in [1.82, 2.24) is 4.90 Å². The number of hydrogen-bond donors (Lipinski definition) is 2. The number of rotatable bonds is 4. The summed E-state index contributed by atoms with van der Waals surface area (Å²) in [5.41, 5.74) is -0.203. The summed E-state index contributed by atoms with van der Waals surface area (Å²) in [6.45, 7) is 5.03. The van der Waals surface area contributed by atoms with Crippen LogP contribution in [0.5, 0.6) is 5.75 Å². The highest BCUT2D eigenvalue weighted by Crippen LogP contribution is 2.31. The van der Waals surface area contributed by atoms with Gasteiger partial charge in [-0.05, 0) is 50.3 Å². The normalized spacial score (nSPS) is 16.6. The summed E-state index contributed by atoms with van der Waals surface area (Å²) in [4.78, 5) is 12.3. The number of benzene rings is 1. The minimum absolute atomic E-state index is 0.334. The van der Waals surface area contributed by atoms with Crippen molar-refractivity contribution < 1.29 is 19.7 Å². The number of carbonyl (C=O) groups is 1. The topological polar surface area (TPSA) is 70.0 Å². The van der Waals surface area contributed by atoms with Crippen LogP contribution in [0, 0.1) is 5.92 Å². The van der Waals surface area contributed by atoms with Gasteiger partial charge < -0.3 is 19.8 Å². The highest BCUT2D eigenvalue weighted by atomic mass is 35.5. The Bertz CT molecular complexity index is 533. The number of hydrogen-bond acceptors (Lipinski definition) is 3. The van der Waals surface area contributed by atoms with E-state index in [1.807, 2.05) is 0 Å². The molecule has 5 nitrogen and oxygen atoms in total. The fourth-order valence-electron chi connectivity index (χ4n) is 2.50. The minimum atomic E-state index is -0.939. The van der Waals surface area contributed by atoms with Crippen molar-refractivity contribution >= 4 is 17.7 Å². The molecule has 0 aromatic heterocycles. The highest BCUT2D eigenvalue weighted by molar-refractivity contribution is 6.32. The molecule has 1 heterocycles. The zero-order valence-corrected chi connectivity index (χ0v) is 13.6. The van der Waals surface area contributed by atoms with Crippen LogP contribution in [-0.4, -0.2) is 40.9 Å². The van der Waals surface area contributed by atoms with Gasteiger partial charge in [-0.1, -0.05) is 17.7 Å². The molecule has 6 heteroatoms. The third-order valence-corrected chi connectivity index (χ3v) is 4.29. The second-order valence-corrected chi connectivity index (χ2v) is 6.64. The summed E-state index contributed by atoms with van der Waals surface area (Å²) < 4.78 is 5.76. The first-order valence-corrected chi connectivity index (χ1v) is 7.78. The summed E-state index contributed by atoms with van der Waals surface area (Å²) in [5, 5.41) is 19.3. The molecule has 1 saturated heterocycles. The molecule has 0 spiro atoms. The molecule has 1 aliphatic heterocycles. The third kappa shape index (κ3) is 4.27. The fourth-order valence-corrected chi connectivity index (χ4v) is 2.73. The van der Waals surface area contributed by atoms with E-state index in [4.69, 9.17) is 21.4 Å². The second-order valence-electron chi connectivity index (χ2n) is 6.23. The van der Waals surface area contributed by atoms with Crippen molar-refractivity contribution in [3.8, 4) is 5.75 Å². The fraction of sp³-hybridized carbons (Fsp3) is 0.562. The third-order valence-electron chi connectivity index (χ3n) is 4.00. The van der Waals surface area contributed by atoms with Gasteiger partial charge in [-0.3, -0.25) is 0 Å². The van der Waals surface area contributed by atoms with Gasteiger partial charge in [0.2, 0.25) is 0 Å². The molecule has 0 saturated carbocycles. The van der Waals surface area contributed by atoms with Crippen LogP contribution in [-0.2, 0) is 5.60 Å². The summed E-state index contributed by atoms with van der Waals surface area (Å²) in [7, 11) is 0. The van der Waals surface area contributed by atoms with Gasteiger partial charge in [-0.15, -0.1) is 0 Å². The molecule has 1 aliphatic rings. The van der Waals surface area contributed by atoms with Crippen LogP contribution in [0.2, 0.25) is 5.02 Å². The van der Waals surface area contributed by atoms with Gasteiger partial charge in [-0.25, -0.2) is 4.79 Å². The van der Waals surface area contributed by atoms with Crippen molar-refractivity contribution in [2.24, 2.45) is 5.92 Å². The first-order valence-electron chi connectivity index (χ1n) is 7.40. The van der Waals surface area contributed by atoms with E-state index in [2.05, 4.69) is 0 Å². The first-order chi connectivity index (χ1) is 10.3. The standard InChI is InChI=1S/C16H22ClNO4/c1-16(2,21)12-3-4-14(13(17)9-12)22-10-11-5-7-18(8-6-11)15(19)20/h3-4,9,11,21H,5-8,10H2,1-2H3,(H,19,20). The molecule has 0 aliphatic carbocycles. The maximum Gasteiger partial charge on any atom is 0.407 e. The molecule has 0 unspecified atom stereocenters. The molecular weight excluding hydrogens is 306 g/mol. The van der Waals surface area contributed by atoms with Crippen LogP contribution in [0.4, 0.5) is 4.79 Å². The van der Waals surface area contributed by atoms with E-state index in [0.717, 1.165) is 18.4 Å². The zero-order valence-electron chi connectivity index (χ0n) is 12.9. The number of likely N-dealkylation sites (tertiary alicyclic amines) is 1. The lowest BCUT2D eigenvalue weighted by Crippen LogP contribution is -2.38. The number of aliphatic hydroxyl groups is 1. The number of halogens is 1. The lowest BCUT2D eigenvalue weighted by Gasteiger charge is -2.29. The van der Waals surface area contributed by atoms with E-state index in [1.54, 1.807) is 32.0 Å². The Hall–Kier alpha value is -1.46. The molecule has 0 atom stereocenters. The number of carboxylic acid groups (broad SMARTS) is 1. The van der Waals surface area contributed by atoms with Gasteiger partial charge >= 0.3 is 6.09 Å². The van der Waals surface area contributed by atoms with Crippen LogP contribution in [0.3, 0.4) is 0 Å². The van der Waals surface area contributed by atoms with Crippen molar-refractivity contribution in [3.05, 3.63) is 28.8 Å². The molecule has 0 bridgehead atoms. The first kappa shape index (κ1) is 16.9. The van der Waals surface area contributed by atoms with Gasteiger partial charge in [-0.2, -0.15) is 0 Å². The lowest BCUT2D eigenvalue weighted by atomic mass is 9.97. The van der Waals surface area contributed by atoms with Crippen LogP contribution in [0.25, 0.3) is 0 Å². The Kier molecular flexibility index (Phi) is 5.19. The van der Waals surface area contributed by atoms with Crippen LogP contribution >= 0.6 is 11.6 Å². The quantitative estimate of drug-likeness (QED) is 0.890. The van der Waals surface area contributed by atoms with E-state index in [-0.39, 0.29) is 0 Å². The van der Waals surface area contributed by atoms with E-state index < -0.39 is 11.7 Å². The van der Waals surface area contributed by atoms with Gasteiger partial charge in [0.05, 0.1) is 17.2 Å². The van der Waals surface area contributed by atoms with E-state index in [9.17, 15) is 9.90 Å². The Morgan fingerprint density at radius 2 is 2.05 bits per heavy atom. The van der Waals surface area contributed by atoms with E-state index in [1.165, 1.54) is 4.90 Å².